The fourth-order valence-electron chi connectivity index (χ4n) is 2.11. The Morgan fingerprint density at radius 2 is 1.96 bits per heavy atom. The van der Waals surface area contributed by atoms with Gasteiger partial charge in [-0.15, -0.1) is 5.11 Å². The van der Waals surface area contributed by atoms with Gasteiger partial charge >= 0.3 is 0 Å². The molecular weight excluding hydrogens is 376 g/mol. The van der Waals surface area contributed by atoms with Gasteiger partial charge < -0.3 is 10.2 Å². The van der Waals surface area contributed by atoms with Crippen molar-refractivity contribution < 1.29 is 10.2 Å². The van der Waals surface area contributed by atoms with E-state index >= 15 is 0 Å². The number of aromatic nitrogens is 1. The van der Waals surface area contributed by atoms with Crippen LogP contribution in [-0.4, -0.2) is 21.4 Å². The first-order valence-electron chi connectivity index (χ1n) is 7.14. The van der Waals surface area contributed by atoms with Crippen molar-refractivity contribution >= 4 is 27.3 Å². The molecule has 124 valence electrons. The monoisotopic (exact) mass is 390 g/mol. The number of aliphatic hydroxyl groups excluding tert-OH is 1. The number of nitrogens with zero attached hydrogens (tertiary/aromatic N) is 4. The molecule has 2 N–H and O–H groups in total. The summed E-state index contributed by atoms with van der Waals surface area (Å²) >= 11 is 3.32. The molecule has 0 amide bonds. The van der Waals surface area contributed by atoms with E-state index in [1.165, 1.54) is 6.92 Å². The normalized spacial score (nSPS) is 10.9. The highest BCUT2D eigenvalue weighted by Crippen LogP contribution is 2.27. The molecular formula is C16H15BrN4O3. The van der Waals surface area contributed by atoms with Crippen LogP contribution in [0.5, 0.6) is 5.88 Å². The Kier molecular flexibility index (Phi) is 5.84. The van der Waals surface area contributed by atoms with Gasteiger partial charge in [0.1, 0.15) is 11.6 Å². The summed E-state index contributed by atoms with van der Waals surface area (Å²) in [6, 6.07) is 8.90. The van der Waals surface area contributed by atoms with Gasteiger partial charge in [0.05, 0.1) is 5.69 Å². The summed E-state index contributed by atoms with van der Waals surface area (Å²) in [5.74, 6) is -0.420. The van der Waals surface area contributed by atoms with E-state index in [1.54, 1.807) is 24.3 Å². The van der Waals surface area contributed by atoms with Gasteiger partial charge in [0.2, 0.25) is 5.88 Å². The fourth-order valence-corrected chi connectivity index (χ4v) is 2.37. The first-order valence-corrected chi connectivity index (χ1v) is 7.93. The molecule has 24 heavy (non-hydrogen) atoms. The van der Waals surface area contributed by atoms with Crippen molar-refractivity contribution in [3.63, 3.8) is 0 Å². The number of aliphatic hydroxyl groups is 1. The highest BCUT2D eigenvalue weighted by Gasteiger charge is 2.18. The van der Waals surface area contributed by atoms with E-state index in [9.17, 15) is 15.2 Å². The first kappa shape index (κ1) is 17.8. The van der Waals surface area contributed by atoms with Crippen molar-refractivity contribution in [2.45, 2.75) is 19.9 Å². The second-order valence-electron chi connectivity index (χ2n) is 4.99. The van der Waals surface area contributed by atoms with Gasteiger partial charge in [-0.25, -0.2) is 0 Å². The maximum Gasteiger partial charge on any atom is 0.281 e. The van der Waals surface area contributed by atoms with Crippen LogP contribution in [0.25, 0.3) is 0 Å². The van der Waals surface area contributed by atoms with Gasteiger partial charge in [-0.3, -0.25) is 9.36 Å². The molecule has 0 spiro atoms. The standard InChI is InChI=1S/C16H15BrN4O3/c1-10-13(9-18)15(23)21(7-2-8-22)16(24)14(10)20-19-12-5-3-11(17)4-6-12/h3-6,22-23H,2,7-8H2,1H3. The third-order valence-electron chi connectivity index (χ3n) is 3.40. The Balaban J connectivity index is 2.54. The smallest absolute Gasteiger partial charge is 0.281 e. The minimum Gasteiger partial charge on any atom is -0.493 e. The van der Waals surface area contributed by atoms with Gasteiger partial charge in [0, 0.05) is 23.2 Å². The second-order valence-corrected chi connectivity index (χ2v) is 5.91. The average molecular weight is 391 g/mol. The third-order valence-corrected chi connectivity index (χ3v) is 3.93. The molecule has 2 aromatic rings. The topological polar surface area (TPSA) is 111 Å². The van der Waals surface area contributed by atoms with Crippen molar-refractivity contribution in [3.05, 3.63) is 50.2 Å². The number of hydrogen-bond acceptors (Lipinski definition) is 6. The number of benzene rings is 1. The Labute approximate surface area is 146 Å². The molecule has 1 aromatic carbocycles. The van der Waals surface area contributed by atoms with Crippen LogP contribution >= 0.6 is 15.9 Å². The molecule has 7 nitrogen and oxygen atoms in total. The summed E-state index contributed by atoms with van der Waals surface area (Å²) in [5.41, 5.74) is 0.215. The molecule has 0 bridgehead atoms. The van der Waals surface area contributed by atoms with E-state index in [0.717, 1.165) is 9.04 Å². The molecule has 0 aliphatic rings. The number of hydrogen-bond donors (Lipinski definition) is 2. The van der Waals surface area contributed by atoms with Gasteiger partial charge in [0.15, 0.2) is 5.69 Å². The maximum atomic E-state index is 12.5. The van der Waals surface area contributed by atoms with E-state index in [-0.39, 0.29) is 36.4 Å². The van der Waals surface area contributed by atoms with Gasteiger partial charge in [-0.2, -0.15) is 10.4 Å². The molecule has 0 unspecified atom stereocenters. The van der Waals surface area contributed by atoms with E-state index in [1.807, 2.05) is 6.07 Å². The van der Waals surface area contributed by atoms with Crippen LogP contribution in [-0.2, 0) is 6.54 Å². The number of nitriles is 1. The molecule has 0 radical (unpaired) electrons. The summed E-state index contributed by atoms with van der Waals surface area (Å²) in [7, 11) is 0. The minimum absolute atomic E-state index is 0.00907. The first-order chi connectivity index (χ1) is 11.5. The highest BCUT2D eigenvalue weighted by molar-refractivity contribution is 9.10. The molecule has 0 aliphatic carbocycles. The molecule has 0 fully saturated rings. The summed E-state index contributed by atoms with van der Waals surface area (Å²) in [4.78, 5) is 12.5. The lowest BCUT2D eigenvalue weighted by Gasteiger charge is -2.12. The predicted molar refractivity (Wildman–Crippen MR) is 91.8 cm³/mol. The third kappa shape index (κ3) is 3.69. The zero-order valence-corrected chi connectivity index (χ0v) is 14.5. The number of azo groups is 1. The molecule has 0 aliphatic heterocycles. The van der Waals surface area contributed by atoms with Crippen LogP contribution < -0.4 is 5.56 Å². The number of pyridine rings is 1. The largest absolute Gasteiger partial charge is 0.493 e. The van der Waals surface area contributed by atoms with Crippen LogP contribution in [0.1, 0.15) is 17.5 Å². The zero-order valence-electron chi connectivity index (χ0n) is 12.9. The molecule has 0 atom stereocenters. The molecule has 0 saturated heterocycles. The predicted octanol–water partition coefficient (Wildman–Crippen LogP) is 3.29. The van der Waals surface area contributed by atoms with E-state index in [2.05, 4.69) is 26.2 Å². The van der Waals surface area contributed by atoms with Crippen molar-refractivity contribution in [2.75, 3.05) is 6.61 Å². The zero-order chi connectivity index (χ0) is 17.7. The van der Waals surface area contributed by atoms with Crippen LogP contribution in [0.2, 0.25) is 0 Å². The molecule has 0 saturated carbocycles. The molecule has 1 aromatic heterocycles. The number of rotatable bonds is 5. The summed E-state index contributed by atoms with van der Waals surface area (Å²) in [6.45, 7) is 1.47. The lowest BCUT2D eigenvalue weighted by atomic mass is 10.1. The van der Waals surface area contributed by atoms with Crippen molar-refractivity contribution in [1.82, 2.24) is 4.57 Å². The van der Waals surface area contributed by atoms with Crippen LogP contribution in [0.3, 0.4) is 0 Å². The van der Waals surface area contributed by atoms with E-state index in [4.69, 9.17) is 5.11 Å². The van der Waals surface area contributed by atoms with Crippen LogP contribution in [0.4, 0.5) is 11.4 Å². The van der Waals surface area contributed by atoms with E-state index in [0.29, 0.717) is 5.69 Å². The Morgan fingerprint density at radius 1 is 1.29 bits per heavy atom. The van der Waals surface area contributed by atoms with Gasteiger partial charge in [0.25, 0.3) is 5.56 Å². The summed E-state index contributed by atoms with van der Waals surface area (Å²) in [5, 5.41) is 36.2. The lowest BCUT2D eigenvalue weighted by molar-refractivity contribution is 0.274. The summed E-state index contributed by atoms with van der Waals surface area (Å²) < 4.78 is 1.91. The van der Waals surface area contributed by atoms with Crippen molar-refractivity contribution in [3.8, 4) is 11.9 Å². The molecule has 2 rings (SSSR count). The minimum atomic E-state index is -0.557. The van der Waals surface area contributed by atoms with Crippen molar-refractivity contribution in [1.29, 1.82) is 5.26 Å². The maximum absolute atomic E-state index is 12.5. The van der Waals surface area contributed by atoms with Gasteiger partial charge in [-0.05, 0) is 37.6 Å². The second kappa shape index (κ2) is 7.86. The summed E-state index contributed by atoms with van der Waals surface area (Å²) in [6.07, 6.45) is 0.269. The van der Waals surface area contributed by atoms with Crippen LogP contribution in [0, 0.1) is 18.3 Å². The van der Waals surface area contributed by atoms with Gasteiger partial charge in [-0.1, -0.05) is 15.9 Å². The SMILES string of the molecule is Cc1c(C#N)c(O)n(CCCO)c(=O)c1N=Nc1ccc(Br)cc1. The number of halogens is 1. The Hall–Kier alpha value is -2.50. The number of aromatic hydroxyl groups is 1. The molecule has 1 heterocycles. The Bertz CT molecular complexity index is 867. The fraction of sp³-hybridized carbons (Fsp3) is 0.250. The highest BCUT2D eigenvalue weighted by atomic mass is 79.9. The lowest BCUT2D eigenvalue weighted by Crippen LogP contribution is -2.22. The van der Waals surface area contributed by atoms with Crippen LogP contribution in [0.15, 0.2) is 43.8 Å². The van der Waals surface area contributed by atoms with Crippen molar-refractivity contribution in [2.24, 2.45) is 10.2 Å². The average Bonchev–Trinajstić information content (AvgIpc) is 2.57. The quantitative estimate of drug-likeness (QED) is 0.762. The molecule has 8 heteroatoms. The van der Waals surface area contributed by atoms with E-state index < -0.39 is 11.4 Å². The Morgan fingerprint density at radius 3 is 2.54 bits per heavy atom.